The third-order valence-electron chi connectivity index (χ3n) is 9.01. The zero-order valence-corrected chi connectivity index (χ0v) is 16.3. The first-order valence-electron chi connectivity index (χ1n) is 9.91. The number of alkyl halides is 1. The van der Waals surface area contributed by atoms with E-state index in [9.17, 15) is 0 Å². The van der Waals surface area contributed by atoms with E-state index in [2.05, 4.69) is 34.6 Å². The predicted molar refractivity (Wildman–Crippen MR) is 97.2 cm³/mol. The maximum absolute atomic E-state index is 6.18. The SMILES string of the molecule is CC1CCC(CCCl)C2CCC(C)(C(C)C)C3(C)CCC2C13. The second-order valence-corrected chi connectivity index (χ2v) is 10.1. The van der Waals surface area contributed by atoms with Crippen molar-refractivity contribution >= 4 is 11.6 Å². The molecule has 0 spiro atoms. The van der Waals surface area contributed by atoms with Gasteiger partial charge in [0.25, 0.3) is 0 Å². The van der Waals surface area contributed by atoms with Gasteiger partial charge >= 0.3 is 0 Å². The molecular formula is C21H37Cl. The van der Waals surface area contributed by atoms with Gasteiger partial charge in [0.2, 0.25) is 0 Å². The van der Waals surface area contributed by atoms with Gasteiger partial charge in [0.1, 0.15) is 0 Å². The summed E-state index contributed by atoms with van der Waals surface area (Å²) in [6, 6.07) is 0. The summed E-state index contributed by atoms with van der Waals surface area (Å²) in [6.07, 6.45) is 10.0. The van der Waals surface area contributed by atoms with Crippen LogP contribution in [0.2, 0.25) is 0 Å². The molecule has 3 fully saturated rings. The molecule has 1 heteroatoms. The van der Waals surface area contributed by atoms with Gasteiger partial charge in [-0.3, -0.25) is 0 Å². The fourth-order valence-corrected chi connectivity index (χ4v) is 7.63. The highest BCUT2D eigenvalue weighted by Crippen LogP contribution is 2.69. The number of rotatable bonds is 3. The molecule has 0 N–H and O–H groups in total. The van der Waals surface area contributed by atoms with Crippen LogP contribution in [0.25, 0.3) is 0 Å². The van der Waals surface area contributed by atoms with Crippen molar-refractivity contribution < 1.29 is 0 Å². The second-order valence-electron chi connectivity index (χ2n) is 9.71. The molecule has 0 aromatic carbocycles. The molecule has 0 radical (unpaired) electrons. The van der Waals surface area contributed by atoms with Gasteiger partial charge in [0.05, 0.1) is 0 Å². The van der Waals surface area contributed by atoms with Crippen LogP contribution in [0.15, 0.2) is 0 Å². The third kappa shape index (κ3) is 2.30. The van der Waals surface area contributed by atoms with E-state index in [4.69, 9.17) is 11.6 Å². The molecule has 0 amide bonds. The summed E-state index contributed by atoms with van der Waals surface area (Å²) in [5, 5.41) is 0. The minimum atomic E-state index is 0.526. The lowest BCUT2D eigenvalue weighted by molar-refractivity contribution is -0.0371. The summed E-state index contributed by atoms with van der Waals surface area (Å²) < 4.78 is 0. The molecule has 22 heavy (non-hydrogen) atoms. The van der Waals surface area contributed by atoms with Crippen LogP contribution in [0.4, 0.5) is 0 Å². The Kier molecular flexibility index (Phi) is 4.65. The maximum atomic E-state index is 6.18. The van der Waals surface area contributed by atoms with Crippen LogP contribution in [-0.2, 0) is 0 Å². The molecule has 0 aromatic rings. The van der Waals surface area contributed by atoms with Gasteiger partial charge in [0.15, 0.2) is 0 Å². The van der Waals surface area contributed by atoms with E-state index in [0.29, 0.717) is 10.8 Å². The number of halogens is 1. The average molecular weight is 325 g/mol. The monoisotopic (exact) mass is 324 g/mol. The Bertz CT molecular complexity index is 403. The van der Waals surface area contributed by atoms with E-state index in [-0.39, 0.29) is 0 Å². The maximum Gasteiger partial charge on any atom is 0.0226 e. The van der Waals surface area contributed by atoms with Gasteiger partial charge in [-0.25, -0.2) is 0 Å². The highest BCUT2D eigenvalue weighted by Gasteiger charge is 2.61. The first kappa shape index (κ1) is 17.1. The summed E-state index contributed by atoms with van der Waals surface area (Å²) in [5.74, 6) is 6.42. The van der Waals surface area contributed by atoms with Crippen LogP contribution >= 0.6 is 11.6 Å². The van der Waals surface area contributed by atoms with Crippen molar-refractivity contribution in [3.63, 3.8) is 0 Å². The highest BCUT2D eigenvalue weighted by molar-refractivity contribution is 6.17. The van der Waals surface area contributed by atoms with Crippen molar-refractivity contribution in [3.8, 4) is 0 Å². The summed E-state index contributed by atoms with van der Waals surface area (Å²) in [4.78, 5) is 0. The summed E-state index contributed by atoms with van der Waals surface area (Å²) in [6.45, 7) is 12.9. The number of hydrogen-bond donors (Lipinski definition) is 0. The number of hydrogen-bond acceptors (Lipinski definition) is 0. The van der Waals surface area contributed by atoms with E-state index < -0.39 is 0 Å². The van der Waals surface area contributed by atoms with Crippen molar-refractivity contribution in [1.29, 1.82) is 0 Å². The first-order valence-corrected chi connectivity index (χ1v) is 10.4. The highest BCUT2D eigenvalue weighted by atomic mass is 35.5. The minimum Gasteiger partial charge on any atom is -0.127 e. The Morgan fingerprint density at radius 3 is 2.32 bits per heavy atom. The van der Waals surface area contributed by atoms with Crippen molar-refractivity contribution in [1.82, 2.24) is 0 Å². The van der Waals surface area contributed by atoms with Crippen molar-refractivity contribution in [3.05, 3.63) is 0 Å². The molecule has 0 aromatic heterocycles. The van der Waals surface area contributed by atoms with Crippen LogP contribution in [0.5, 0.6) is 0 Å². The van der Waals surface area contributed by atoms with E-state index in [1.165, 1.54) is 44.9 Å². The van der Waals surface area contributed by atoms with Crippen molar-refractivity contribution in [2.75, 3.05) is 5.88 Å². The van der Waals surface area contributed by atoms with Crippen LogP contribution in [0, 0.1) is 46.3 Å². The molecule has 0 nitrogen and oxygen atoms in total. The molecule has 7 unspecified atom stereocenters. The van der Waals surface area contributed by atoms with E-state index in [1.54, 1.807) is 0 Å². The minimum absolute atomic E-state index is 0.526. The standard InChI is InChI=1S/C21H37Cl/c1-14(2)20(4)11-8-17-16(10-13-22)7-6-15(3)19-18(17)9-12-21(19,20)5/h14-19H,6-13H2,1-5H3. The van der Waals surface area contributed by atoms with E-state index in [1.807, 2.05) is 0 Å². The topological polar surface area (TPSA) is 0 Å². The molecule has 3 aliphatic carbocycles. The fraction of sp³-hybridized carbons (Fsp3) is 1.00. The fourth-order valence-electron chi connectivity index (χ4n) is 7.35. The Hall–Kier alpha value is 0.290. The van der Waals surface area contributed by atoms with Gasteiger partial charge in [-0.05, 0) is 84.9 Å². The molecule has 3 rings (SSSR count). The summed E-state index contributed by atoms with van der Waals surface area (Å²) in [7, 11) is 0. The predicted octanol–water partition coefficient (Wildman–Crippen LogP) is 6.77. The molecule has 0 aliphatic heterocycles. The zero-order chi connectivity index (χ0) is 16.1. The molecule has 3 aliphatic rings. The van der Waals surface area contributed by atoms with Gasteiger partial charge in [-0.2, -0.15) is 0 Å². The summed E-state index contributed by atoms with van der Waals surface area (Å²) in [5.41, 5.74) is 1.09. The van der Waals surface area contributed by atoms with Crippen molar-refractivity contribution in [2.45, 2.75) is 79.6 Å². The lowest BCUT2D eigenvalue weighted by atomic mass is 9.52. The molecule has 0 saturated heterocycles. The normalized spacial score (nSPS) is 51.7. The molecule has 7 atom stereocenters. The van der Waals surface area contributed by atoms with Crippen LogP contribution < -0.4 is 0 Å². The van der Waals surface area contributed by atoms with Gasteiger partial charge in [0, 0.05) is 5.88 Å². The van der Waals surface area contributed by atoms with Crippen LogP contribution in [0.3, 0.4) is 0 Å². The average Bonchev–Trinajstić information content (AvgIpc) is 2.70. The first-order chi connectivity index (χ1) is 10.3. The van der Waals surface area contributed by atoms with Gasteiger partial charge in [-0.1, -0.05) is 41.0 Å². The Morgan fingerprint density at radius 2 is 1.68 bits per heavy atom. The molecule has 128 valence electrons. The quantitative estimate of drug-likeness (QED) is 0.503. The Labute approximate surface area is 143 Å². The molecular weight excluding hydrogens is 288 g/mol. The molecule has 4 bridgehead atoms. The summed E-state index contributed by atoms with van der Waals surface area (Å²) >= 11 is 6.18. The lowest BCUT2D eigenvalue weighted by Gasteiger charge is -2.52. The third-order valence-corrected chi connectivity index (χ3v) is 9.23. The van der Waals surface area contributed by atoms with Crippen molar-refractivity contribution in [2.24, 2.45) is 46.3 Å². The van der Waals surface area contributed by atoms with E-state index in [0.717, 1.165) is 41.4 Å². The van der Waals surface area contributed by atoms with Gasteiger partial charge < -0.3 is 0 Å². The lowest BCUT2D eigenvalue weighted by Crippen LogP contribution is -2.45. The Balaban J connectivity index is 2.03. The van der Waals surface area contributed by atoms with Gasteiger partial charge in [-0.15, -0.1) is 11.6 Å². The smallest absolute Gasteiger partial charge is 0.0226 e. The molecule has 0 heterocycles. The Morgan fingerprint density at radius 1 is 1.00 bits per heavy atom. The largest absolute Gasteiger partial charge is 0.127 e. The molecule has 3 saturated carbocycles. The second kappa shape index (κ2) is 5.98. The zero-order valence-electron chi connectivity index (χ0n) is 15.5. The van der Waals surface area contributed by atoms with Crippen LogP contribution in [0.1, 0.15) is 79.6 Å². The van der Waals surface area contributed by atoms with E-state index >= 15 is 0 Å². The van der Waals surface area contributed by atoms with Crippen LogP contribution in [-0.4, -0.2) is 5.88 Å².